The van der Waals surface area contributed by atoms with E-state index in [1.54, 1.807) is 4.68 Å². The fourth-order valence-electron chi connectivity index (χ4n) is 2.89. The molecule has 0 bridgehead atoms. The first-order valence-electron chi connectivity index (χ1n) is 8.11. The number of aromatic nitrogens is 3. The summed E-state index contributed by atoms with van der Waals surface area (Å²) in [6.07, 6.45) is 0. The van der Waals surface area contributed by atoms with Gasteiger partial charge in [-0.25, -0.2) is 9.67 Å². The average Bonchev–Trinajstić information content (AvgIpc) is 2.96. The van der Waals surface area contributed by atoms with Gasteiger partial charge in [0.15, 0.2) is 0 Å². The Balaban J connectivity index is 0.00000208. The number of carbonyl (C=O) groups is 1. The fourth-order valence-corrected chi connectivity index (χ4v) is 2.89. The van der Waals surface area contributed by atoms with E-state index in [1.165, 1.54) is 5.56 Å². The summed E-state index contributed by atoms with van der Waals surface area (Å²) >= 11 is 0. The highest BCUT2D eigenvalue weighted by Gasteiger charge is 2.23. The summed E-state index contributed by atoms with van der Waals surface area (Å²) in [7, 11) is 0. The second-order valence-corrected chi connectivity index (χ2v) is 6.15. The van der Waals surface area contributed by atoms with Crippen molar-refractivity contribution in [2.24, 2.45) is 0 Å². The molecule has 0 spiro atoms. The van der Waals surface area contributed by atoms with E-state index < -0.39 is 0 Å². The van der Waals surface area contributed by atoms with Crippen LogP contribution in [-0.4, -0.2) is 51.8 Å². The number of nitrogens with one attached hydrogen (secondary N) is 1. The van der Waals surface area contributed by atoms with Gasteiger partial charge in [0, 0.05) is 26.2 Å². The molecule has 0 radical (unpaired) electrons. The lowest BCUT2D eigenvalue weighted by molar-refractivity contribution is 0.0723. The molecule has 3 rings (SSSR count). The molecule has 1 saturated heterocycles. The van der Waals surface area contributed by atoms with Gasteiger partial charge in [-0.05, 0) is 24.5 Å². The Labute approximate surface area is 148 Å². The first-order chi connectivity index (χ1) is 11.1. The molecule has 24 heavy (non-hydrogen) atoms. The predicted octanol–water partition coefficient (Wildman–Crippen LogP) is 2.17. The summed E-state index contributed by atoms with van der Waals surface area (Å²) in [5.74, 6) is 1.30. The number of aryl methyl sites for hydroxylation is 1. The highest BCUT2D eigenvalue weighted by Crippen LogP contribution is 2.23. The number of para-hydroxylation sites is 1. The zero-order valence-corrected chi connectivity index (χ0v) is 15.1. The SMILES string of the molecule is Cc1nc(C(=O)N2CCNCC2)nn1-c1ccccc1C(C)C.Cl. The smallest absolute Gasteiger partial charge is 0.293 e. The zero-order valence-electron chi connectivity index (χ0n) is 14.3. The van der Waals surface area contributed by atoms with Crippen LogP contribution in [0.4, 0.5) is 0 Å². The molecule has 1 aliphatic rings. The van der Waals surface area contributed by atoms with Crippen LogP contribution in [0.3, 0.4) is 0 Å². The molecule has 1 aromatic heterocycles. The standard InChI is InChI=1S/C17H23N5O.ClH/c1-12(2)14-6-4-5-7-15(14)22-13(3)19-16(20-22)17(23)21-10-8-18-9-11-21;/h4-7,12,18H,8-11H2,1-3H3;1H. The lowest BCUT2D eigenvalue weighted by atomic mass is 10.0. The van der Waals surface area contributed by atoms with Crippen LogP contribution in [0.1, 0.15) is 41.8 Å². The van der Waals surface area contributed by atoms with Crippen LogP contribution in [0.15, 0.2) is 24.3 Å². The summed E-state index contributed by atoms with van der Waals surface area (Å²) in [6, 6.07) is 8.13. The van der Waals surface area contributed by atoms with E-state index in [4.69, 9.17) is 0 Å². The van der Waals surface area contributed by atoms with Crippen molar-refractivity contribution < 1.29 is 4.79 Å². The molecule has 7 heteroatoms. The van der Waals surface area contributed by atoms with Crippen LogP contribution in [0, 0.1) is 6.92 Å². The molecule has 2 aromatic rings. The van der Waals surface area contributed by atoms with Crippen molar-refractivity contribution >= 4 is 18.3 Å². The van der Waals surface area contributed by atoms with Crippen molar-refractivity contribution in [3.63, 3.8) is 0 Å². The normalized spacial score (nSPS) is 14.6. The van der Waals surface area contributed by atoms with Crippen LogP contribution in [-0.2, 0) is 0 Å². The van der Waals surface area contributed by atoms with Gasteiger partial charge in [0.05, 0.1) is 5.69 Å². The van der Waals surface area contributed by atoms with Gasteiger partial charge in [-0.2, -0.15) is 0 Å². The largest absolute Gasteiger partial charge is 0.333 e. The number of piperazine rings is 1. The van der Waals surface area contributed by atoms with Crippen molar-refractivity contribution in [1.82, 2.24) is 25.0 Å². The van der Waals surface area contributed by atoms with E-state index in [9.17, 15) is 4.79 Å². The molecular formula is C17H24ClN5O. The number of rotatable bonds is 3. The van der Waals surface area contributed by atoms with Gasteiger partial charge < -0.3 is 10.2 Å². The minimum absolute atomic E-state index is 0. The van der Waals surface area contributed by atoms with E-state index in [1.807, 2.05) is 30.0 Å². The number of hydrogen-bond acceptors (Lipinski definition) is 4. The Morgan fingerprint density at radius 2 is 1.88 bits per heavy atom. The number of benzene rings is 1. The molecule has 0 saturated carbocycles. The molecule has 1 fully saturated rings. The van der Waals surface area contributed by atoms with Crippen molar-refractivity contribution in [3.05, 3.63) is 41.5 Å². The van der Waals surface area contributed by atoms with Crippen LogP contribution in [0.5, 0.6) is 0 Å². The third-order valence-electron chi connectivity index (χ3n) is 4.15. The quantitative estimate of drug-likeness (QED) is 0.922. The number of nitrogens with zero attached hydrogens (tertiary/aromatic N) is 4. The third-order valence-corrected chi connectivity index (χ3v) is 4.15. The van der Waals surface area contributed by atoms with Crippen molar-refractivity contribution in [2.45, 2.75) is 26.7 Å². The van der Waals surface area contributed by atoms with Crippen LogP contribution < -0.4 is 5.32 Å². The second kappa shape index (κ2) is 7.77. The first-order valence-corrected chi connectivity index (χ1v) is 8.11. The van der Waals surface area contributed by atoms with Gasteiger partial charge in [0.25, 0.3) is 5.91 Å². The lowest BCUT2D eigenvalue weighted by Crippen LogP contribution is -2.46. The summed E-state index contributed by atoms with van der Waals surface area (Å²) in [4.78, 5) is 18.8. The highest BCUT2D eigenvalue weighted by molar-refractivity contribution is 5.90. The molecule has 0 aliphatic carbocycles. The van der Waals surface area contributed by atoms with Gasteiger partial charge >= 0.3 is 0 Å². The molecule has 1 aliphatic heterocycles. The molecular weight excluding hydrogens is 326 g/mol. The van der Waals surface area contributed by atoms with E-state index in [0.717, 1.165) is 24.6 Å². The molecule has 6 nitrogen and oxygen atoms in total. The van der Waals surface area contributed by atoms with Gasteiger partial charge in [-0.1, -0.05) is 32.0 Å². The summed E-state index contributed by atoms with van der Waals surface area (Å²) in [5, 5.41) is 7.74. The fraction of sp³-hybridized carbons (Fsp3) is 0.471. The van der Waals surface area contributed by atoms with Crippen molar-refractivity contribution in [3.8, 4) is 5.69 Å². The molecule has 1 N–H and O–H groups in total. The minimum atomic E-state index is -0.0876. The zero-order chi connectivity index (χ0) is 16.4. The summed E-state index contributed by atoms with van der Waals surface area (Å²) < 4.78 is 1.78. The Hall–Kier alpha value is -1.92. The Bertz CT molecular complexity index is 707. The monoisotopic (exact) mass is 349 g/mol. The number of hydrogen-bond donors (Lipinski definition) is 1. The van der Waals surface area contributed by atoms with Gasteiger partial charge in [0.2, 0.25) is 5.82 Å². The Morgan fingerprint density at radius 1 is 1.21 bits per heavy atom. The molecule has 0 unspecified atom stereocenters. The second-order valence-electron chi connectivity index (χ2n) is 6.15. The van der Waals surface area contributed by atoms with E-state index >= 15 is 0 Å². The van der Waals surface area contributed by atoms with Gasteiger partial charge in [0.1, 0.15) is 5.82 Å². The molecule has 130 valence electrons. The maximum Gasteiger partial charge on any atom is 0.293 e. The molecule has 0 atom stereocenters. The summed E-state index contributed by atoms with van der Waals surface area (Å²) in [6.45, 7) is 9.24. The van der Waals surface area contributed by atoms with E-state index in [-0.39, 0.29) is 24.1 Å². The van der Waals surface area contributed by atoms with Crippen molar-refractivity contribution in [1.29, 1.82) is 0 Å². The van der Waals surface area contributed by atoms with Crippen molar-refractivity contribution in [2.75, 3.05) is 26.2 Å². The van der Waals surface area contributed by atoms with Crippen LogP contribution in [0.25, 0.3) is 5.69 Å². The first kappa shape index (κ1) is 18.4. The maximum atomic E-state index is 12.6. The topological polar surface area (TPSA) is 63.1 Å². The van der Waals surface area contributed by atoms with Crippen LogP contribution >= 0.6 is 12.4 Å². The Morgan fingerprint density at radius 3 is 2.54 bits per heavy atom. The van der Waals surface area contributed by atoms with Gasteiger partial charge in [-0.15, -0.1) is 17.5 Å². The molecule has 2 heterocycles. The van der Waals surface area contributed by atoms with E-state index in [2.05, 4.69) is 35.3 Å². The third kappa shape index (κ3) is 3.60. The van der Waals surface area contributed by atoms with E-state index in [0.29, 0.717) is 19.0 Å². The average molecular weight is 350 g/mol. The minimum Gasteiger partial charge on any atom is -0.333 e. The molecule has 1 amide bonds. The predicted molar refractivity (Wildman–Crippen MR) is 96.2 cm³/mol. The summed E-state index contributed by atoms with van der Waals surface area (Å²) in [5.41, 5.74) is 2.19. The number of amides is 1. The highest BCUT2D eigenvalue weighted by atomic mass is 35.5. The number of halogens is 1. The lowest BCUT2D eigenvalue weighted by Gasteiger charge is -2.26. The maximum absolute atomic E-state index is 12.6. The van der Waals surface area contributed by atoms with Crippen LogP contribution in [0.2, 0.25) is 0 Å². The van der Waals surface area contributed by atoms with Gasteiger partial charge in [-0.3, -0.25) is 4.79 Å². The number of carbonyl (C=O) groups excluding carboxylic acids is 1. The Kier molecular flexibility index (Phi) is 5.96. The molecule has 1 aromatic carbocycles.